The molecule has 3 fully saturated rings. The zero-order valence-electron chi connectivity index (χ0n) is 9.72. The maximum atomic E-state index is 11.5. The molecule has 0 aromatic heterocycles. The fourth-order valence-electron chi connectivity index (χ4n) is 2.87. The van der Waals surface area contributed by atoms with Crippen molar-refractivity contribution < 1.29 is 9.53 Å². The van der Waals surface area contributed by atoms with Gasteiger partial charge in [0.05, 0.1) is 0 Å². The smallest absolute Gasteiger partial charge is 0.408 e. The number of carbonyl (C=O) groups is 1. The first-order valence-corrected chi connectivity index (χ1v) is 5.50. The molecule has 2 bridgehead atoms. The van der Waals surface area contributed by atoms with E-state index in [2.05, 4.69) is 5.32 Å². The van der Waals surface area contributed by atoms with Crippen LogP contribution in [0.2, 0.25) is 0 Å². The van der Waals surface area contributed by atoms with Crippen LogP contribution < -0.4 is 11.1 Å². The van der Waals surface area contributed by atoms with Gasteiger partial charge in [0.25, 0.3) is 0 Å². The van der Waals surface area contributed by atoms with Gasteiger partial charge in [-0.25, -0.2) is 4.79 Å². The Labute approximate surface area is 90.5 Å². The number of rotatable bonds is 2. The van der Waals surface area contributed by atoms with Crippen LogP contribution in [0.15, 0.2) is 0 Å². The van der Waals surface area contributed by atoms with E-state index in [1.165, 1.54) is 0 Å². The van der Waals surface area contributed by atoms with E-state index in [1.807, 2.05) is 20.8 Å². The molecule has 3 N–H and O–H groups in total. The Balaban J connectivity index is 1.79. The summed E-state index contributed by atoms with van der Waals surface area (Å²) in [5.74, 6) is 0. The Hall–Kier alpha value is -0.770. The molecule has 0 unspecified atom stereocenters. The van der Waals surface area contributed by atoms with Crippen LogP contribution in [-0.4, -0.2) is 23.8 Å². The van der Waals surface area contributed by atoms with Gasteiger partial charge < -0.3 is 15.8 Å². The average molecular weight is 212 g/mol. The van der Waals surface area contributed by atoms with E-state index in [0.29, 0.717) is 5.41 Å². The Kier molecular flexibility index (Phi) is 2.06. The van der Waals surface area contributed by atoms with Gasteiger partial charge in [0.2, 0.25) is 0 Å². The van der Waals surface area contributed by atoms with Crippen molar-refractivity contribution in [3.05, 3.63) is 0 Å². The van der Waals surface area contributed by atoms with Crippen molar-refractivity contribution >= 4 is 6.09 Å². The predicted molar refractivity (Wildman–Crippen MR) is 57.4 cm³/mol. The van der Waals surface area contributed by atoms with Crippen LogP contribution in [0.3, 0.4) is 0 Å². The van der Waals surface area contributed by atoms with E-state index in [-0.39, 0.29) is 11.6 Å². The Morgan fingerprint density at radius 1 is 1.40 bits per heavy atom. The molecule has 0 saturated heterocycles. The molecule has 4 nitrogen and oxygen atoms in total. The van der Waals surface area contributed by atoms with Crippen molar-refractivity contribution in [2.45, 2.75) is 51.2 Å². The summed E-state index contributed by atoms with van der Waals surface area (Å²) in [6.45, 7) is 6.35. The average Bonchev–Trinajstić information content (AvgIpc) is 1.89. The van der Waals surface area contributed by atoms with Gasteiger partial charge in [-0.3, -0.25) is 0 Å². The minimum absolute atomic E-state index is 0.0156. The minimum Gasteiger partial charge on any atom is -0.444 e. The number of hydrogen-bond acceptors (Lipinski definition) is 3. The molecule has 15 heavy (non-hydrogen) atoms. The quantitative estimate of drug-likeness (QED) is 0.727. The highest BCUT2D eigenvalue weighted by Gasteiger charge is 2.67. The molecular formula is C11H20N2O2. The maximum absolute atomic E-state index is 11.5. The van der Waals surface area contributed by atoms with E-state index < -0.39 is 5.60 Å². The van der Waals surface area contributed by atoms with Gasteiger partial charge in [0.15, 0.2) is 0 Å². The van der Waals surface area contributed by atoms with E-state index in [0.717, 1.165) is 25.8 Å². The summed E-state index contributed by atoms with van der Waals surface area (Å²) < 4.78 is 5.22. The van der Waals surface area contributed by atoms with Gasteiger partial charge in [-0.05, 0) is 52.0 Å². The summed E-state index contributed by atoms with van der Waals surface area (Å²) in [6, 6.07) is 0. The molecule has 0 spiro atoms. The predicted octanol–water partition coefficient (Wildman–Crippen LogP) is 1.39. The number of nitrogens with one attached hydrogen (secondary N) is 1. The molecule has 0 atom stereocenters. The normalized spacial score (nSPS) is 37.6. The zero-order chi connectivity index (χ0) is 11.3. The fraction of sp³-hybridized carbons (Fsp3) is 0.909. The van der Waals surface area contributed by atoms with Crippen LogP contribution in [-0.2, 0) is 4.74 Å². The molecule has 3 saturated carbocycles. The van der Waals surface area contributed by atoms with Gasteiger partial charge in [-0.2, -0.15) is 0 Å². The summed E-state index contributed by atoms with van der Waals surface area (Å²) >= 11 is 0. The molecule has 0 heterocycles. The molecule has 3 aliphatic rings. The van der Waals surface area contributed by atoms with Gasteiger partial charge in [0, 0.05) is 5.54 Å². The third-order valence-corrected chi connectivity index (χ3v) is 3.34. The lowest BCUT2D eigenvalue weighted by molar-refractivity contribution is -0.143. The number of carbonyl (C=O) groups excluding carboxylic acids is 1. The maximum Gasteiger partial charge on any atom is 0.408 e. The van der Waals surface area contributed by atoms with E-state index >= 15 is 0 Å². The molecule has 0 aliphatic heterocycles. The van der Waals surface area contributed by atoms with Crippen molar-refractivity contribution in [1.82, 2.24) is 5.32 Å². The largest absolute Gasteiger partial charge is 0.444 e. The number of hydrogen-bond donors (Lipinski definition) is 2. The molecule has 3 aliphatic carbocycles. The molecule has 0 aromatic carbocycles. The molecular weight excluding hydrogens is 192 g/mol. The standard InChI is InChI=1S/C11H20N2O2/c1-9(2,3)15-8(14)13-11-4-10(5-11,6-11)7-12/h4-7,12H2,1-3H3,(H,13,14). The number of nitrogens with two attached hydrogens (primary N) is 1. The first-order valence-electron chi connectivity index (χ1n) is 5.50. The van der Waals surface area contributed by atoms with E-state index in [4.69, 9.17) is 10.5 Å². The highest BCUT2D eigenvalue weighted by molar-refractivity contribution is 5.69. The molecule has 1 amide bonds. The second kappa shape index (κ2) is 2.88. The summed E-state index contributed by atoms with van der Waals surface area (Å²) in [5.41, 5.74) is 5.59. The lowest BCUT2D eigenvalue weighted by atomic mass is 9.39. The summed E-state index contributed by atoms with van der Waals surface area (Å²) in [5, 5.41) is 2.96. The molecule has 4 heteroatoms. The van der Waals surface area contributed by atoms with Crippen molar-refractivity contribution in [2.24, 2.45) is 11.1 Å². The van der Waals surface area contributed by atoms with Crippen LogP contribution in [0.25, 0.3) is 0 Å². The van der Waals surface area contributed by atoms with Crippen LogP contribution in [0.4, 0.5) is 4.79 Å². The van der Waals surface area contributed by atoms with Gasteiger partial charge in [0.1, 0.15) is 5.60 Å². The van der Waals surface area contributed by atoms with Gasteiger partial charge >= 0.3 is 6.09 Å². The summed E-state index contributed by atoms with van der Waals surface area (Å²) in [6.07, 6.45) is 2.77. The first kappa shape index (κ1) is 10.7. The minimum atomic E-state index is -0.417. The van der Waals surface area contributed by atoms with E-state index in [9.17, 15) is 4.79 Å². The van der Waals surface area contributed by atoms with Gasteiger partial charge in [-0.1, -0.05) is 0 Å². The molecule has 0 radical (unpaired) electrons. The summed E-state index contributed by atoms with van der Waals surface area (Å²) in [4.78, 5) is 11.5. The lowest BCUT2D eigenvalue weighted by Gasteiger charge is -2.70. The Bertz CT molecular complexity index is 274. The van der Waals surface area contributed by atoms with Gasteiger partial charge in [-0.15, -0.1) is 0 Å². The zero-order valence-corrected chi connectivity index (χ0v) is 9.72. The van der Waals surface area contributed by atoms with Crippen LogP contribution in [0.5, 0.6) is 0 Å². The fourth-order valence-corrected chi connectivity index (χ4v) is 2.87. The van der Waals surface area contributed by atoms with Crippen LogP contribution >= 0.6 is 0 Å². The van der Waals surface area contributed by atoms with Crippen LogP contribution in [0.1, 0.15) is 40.0 Å². The monoisotopic (exact) mass is 212 g/mol. The number of amides is 1. The van der Waals surface area contributed by atoms with Crippen LogP contribution in [0, 0.1) is 5.41 Å². The second-order valence-electron chi connectivity index (χ2n) is 6.14. The second-order valence-corrected chi connectivity index (χ2v) is 6.14. The third-order valence-electron chi connectivity index (χ3n) is 3.34. The van der Waals surface area contributed by atoms with Crippen molar-refractivity contribution in [1.29, 1.82) is 0 Å². The Morgan fingerprint density at radius 3 is 2.33 bits per heavy atom. The van der Waals surface area contributed by atoms with Crippen molar-refractivity contribution in [3.63, 3.8) is 0 Å². The first-order chi connectivity index (χ1) is 6.78. The molecule has 86 valence electrons. The van der Waals surface area contributed by atoms with Crippen molar-refractivity contribution in [3.8, 4) is 0 Å². The molecule has 0 aromatic rings. The number of ether oxygens (including phenoxy) is 1. The third kappa shape index (κ3) is 1.83. The Morgan fingerprint density at radius 2 is 1.93 bits per heavy atom. The lowest BCUT2D eigenvalue weighted by Crippen LogP contribution is -2.76. The van der Waals surface area contributed by atoms with Crippen molar-refractivity contribution in [2.75, 3.05) is 6.54 Å². The number of alkyl carbamates (subject to hydrolysis) is 1. The van der Waals surface area contributed by atoms with E-state index in [1.54, 1.807) is 0 Å². The SMILES string of the molecule is CC(C)(C)OC(=O)NC12CC(CN)(C1)C2. The molecule has 3 rings (SSSR count). The highest BCUT2D eigenvalue weighted by Crippen LogP contribution is 2.66. The summed E-state index contributed by atoms with van der Waals surface area (Å²) in [7, 11) is 0. The highest BCUT2D eigenvalue weighted by atomic mass is 16.6. The topological polar surface area (TPSA) is 64.3 Å².